The SMILES string of the molecule is C=C(CC)CN.N. The fraction of sp³-hybridized carbons (Fsp3) is 0.600. The minimum atomic E-state index is 0. The van der Waals surface area contributed by atoms with Gasteiger partial charge in [0.25, 0.3) is 0 Å². The molecule has 0 saturated carbocycles. The van der Waals surface area contributed by atoms with Crippen molar-refractivity contribution in [3.05, 3.63) is 12.2 Å². The van der Waals surface area contributed by atoms with Crippen LogP contribution >= 0.6 is 0 Å². The topological polar surface area (TPSA) is 61.0 Å². The van der Waals surface area contributed by atoms with E-state index in [1.54, 1.807) is 0 Å². The van der Waals surface area contributed by atoms with Gasteiger partial charge in [-0.25, -0.2) is 0 Å². The molecule has 0 fully saturated rings. The van der Waals surface area contributed by atoms with E-state index < -0.39 is 0 Å². The highest BCUT2D eigenvalue weighted by Crippen LogP contribution is 1.88. The Labute approximate surface area is 45.0 Å². The summed E-state index contributed by atoms with van der Waals surface area (Å²) in [4.78, 5) is 0. The van der Waals surface area contributed by atoms with Crippen LogP contribution in [-0.4, -0.2) is 6.54 Å². The van der Waals surface area contributed by atoms with Crippen LogP contribution in [0.25, 0.3) is 0 Å². The third-order valence-corrected chi connectivity index (χ3v) is 0.789. The molecule has 0 aliphatic carbocycles. The summed E-state index contributed by atoms with van der Waals surface area (Å²) in [6.45, 7) is 6.35. The molecule has 2 heteroatoms. The summed E-state index contributed by atoms with van der Waals surface area (Å²) in [7, 11) is 0. The van der Waals surface area contributed by atoms with Crippen LogP contribution in [0, 0.1) is 0 Å². The van der Waals surface area contributed by atoms with E-state index in [-0.39, 0.29) is 6.15 Å². The zero-order valence-corrected chi connectivity index (χ0v) is 4.91. The average Bonchev–Trinajstić information content (AvgIpc) is 1.65. The lowest BCUT2D eigenvalue weighted by molar-refractivity contribution is 1.02. The molecule has 0 aromatic carbocycles. The van der Waals surface area contributed by atoms with Gasteiger partial charge >= 0.3 is 0 Å². The maximum absolute atomic E-state index is 5.18. The molecule has 7 heavy (non-hydrogen) atoms. The van der Waals surface area contributed by atoms with Crippen LogP contribution in [0.1, 0.15) is 13.3 Å². The molecule has 0 saturated heterocycles. The summed E-state index contributed by atoms with van der Waals surface area (Å²) in [6, 6.07) is 0. The van der Waals surface area contributed by atoms with Crippen LogP contribution in [0.3, 0.4) is 0 Å². The van der Waals surface area contributed by atoms with Crippen LogP contribution in [0.2, 0.25) is 0 Å². The molecule has 0 aromatic rings. The van der Waals surface area contributed by atoms with E-state index in [0.29, 0.717) is 6.54 Å². The molecule has 0 heterocycles. The summed E-state index contributed by atoms with van der Waals surface area (Å²) in [6.07, 6.45) is 1.01. The normalized spacial score (nSPS) is 7.14. The van der Waals surface area contributed by atoms with Gasteiger partial charge in [0.15, 0.2) is 0 Å². The Bertz CT molecular complexity index is 44.0. The quantitative estimate of drug-likeness (QED) is 0.512. The third-order valence-electron chi connectivity index (χ3n) is 0.789. The molecular formula is C5H14N2. The van der Waals surface area contributed by atoms with Gasteiger partial charge in [0.1, 0.15) is 0 Å². The minimum absolute atomic E-state index is 0. The van der Waals surface area contributed by atoms with Crippen LogP contribution < -0.4 is 11.9 Å². The van der Waals surface area contributed by atoms with Gasteiger partial charge in [0.05, 0.1) is 0 Å². The van der Waals surface area contributed by atoms with E-state index in [1.807, 2.05) is 0 Å². The van der Waals surface area contributed by atoms with E-state index in [1.165, 1.54) is 0 Å². The Morgan fingerprint density at radius 2 is 2.14 bits per heavy atom. The lowest BCUT2D eigenvalue weighted by Crippen LogP contribution is -1.99. The Hall–Kier alpha value is -0.340. The molecule has 0 atom stereocenters. The maximum Gasteiger partial charge on any atom is 0.0134 e. The van der Waals surface area contributed by atoms with Crippen molar-refractivity contribution in [1.29, 1.82) is 0 Å². The summed E-state index contributed by atoms with van der Waals surface area (Å²) in [5.41, 5.74) is 6.30. The van der Waals surface area contributed by atoms with E-state index in [0.717, 1.165) is 12.0 Å². The summed E-state index contributed by atoms with van der Waals surface area (Å²) in [5, 5.41) is 0. The molecular weight excluding hydrogens is 88.1 g/mol. The van der Waals surface area contributed by atoms with Crippen LogP contribution in [0.15, 0.2) is 12.2 Å². The summed E-state index contributed by atoms with van der Waals surface area (Å²) < 4.78 is 0. The van der Waals surface area contributed by atoms with Crippen molar-refractivity contribution in [3.63, 3.8) is 0 Å². The predicted molar refractivity (Wildman–Crippen MR) is 33.5 cm³/mol. The second kappa shape index (κ2) is 5.66. The minimum Gasteiger partial charge on any atom is -0.344 e. The fourth-order valence-electron chi connectivity index (χ4n) is 0.144. The van der Waals surface area contributed by atoms with Gasteiger partial charge in [0.2, 0.25) is 0 Å². The molecule has 0 bridgehead atoms. The van der Waals surface area contributed by atoms with Crippen LogP contribution in [0.4, 0.5) is 0 Å². The van der Waals surface area contributed by atoms with E-state index in [2.05, 4.69) is 13.5 Å². The highest BCUT2D eigenvalue weighted by atomic mass is 14.5. The zero-order valence-electron chi connectivity index (χ0n) is 4.91. The van der Waals surface area contributed by atoms with Crippen molar-refractivity contribution >= 4 is 0 Å². The number of hydrogen-bond donors (Lipinski definition) is 2. The maximum atomic E-state index is 5.18. The smallest absolute Gasteiger partial charge is 0.0134 e. The van der Waals surface area contributed by atoms with E-state index >= 15 is 0 Å². The first-order valence-electron chi connectivity index (χ1n) is 2.18. The lowest BCUT2D eigenvalue weighted by atomic mass is 10.2. The number of nitrogens with two attached hydrogens (primary N) is 1. The highest BCUT2D eigenvalue weighted by molar-refractivity contribution is 4.92. The van der Waals surface area contributed by atoms with Crippen LogP contribution in [-0.2, 0) is 0 Å². The van der Waals surface area contributed by atoms with Crippen molar-refractivity contribution in [3.8, 4) is 0 Å². The average molecular weight is 102 g/mol. The van der Waals surface area contributed by atoms with Gasteiger partial charge in [-0.15, -0.1) is 0 Å². The van der Waals surface area contributed by atoms with Crippen molar-refractivity contribution < 1.29 is 0 Å². The first-order valence-corrected chi connectivity index (χ1v) is 2.18. The van der Waals surface area contributed by atoms with Gasteiger partial charge in [-0.05, 0) is 6.42 Å². The molecule has 0 aliphatic heterocycles. The van der Waals surface area contributed by atoms with Gasteiger partial charge in [-0.1, -0.05) is 19.1 Å². The molecule has 0 aliphatic rings. The Balaban J connectivity index is 0. The molecule has 0 radical (unpaired) electrons. The Morgan fingerprint density at radius 3 is 2.14 bits per heavy atom. The van der Waals surface area contributed by atoms with Crippen molar-refractivity contribution in [2.45, 2.75) is 13.3 Å². The van der Waals surface area contributed by atoms with Gasteiger partial charge in [0, 0.05) is 6.54 Å². The van der Waals surface area contributed by atoms with Gasteiger partial charge in [-0.2, -0.15) is 0 Å². The molecule has 2 nitrogen and oxygen atoms in total. The molecule has 0 rings (SSSR count). The first kappa shape index (κ1) is 9.83. The predicted octanol–water partition coefficient (Wildman–Crippen LogP) is 1.07. The van der Waals surface area contributed by atoms with Gasteiger partial charge < -0.3 is 11.9 Å². The summed E-state index contributed by atoms with van der Waals surface area (Å²) >= 11 is 0. The standard InChI is InChI=1S/C5H11N.H3N/c1-3-5(2)4-6;/h2-4,6H2,1H3;1H3. The monoisotopic (exact) mass is 102 g/mol. The molecule has 0 spiro atoms. The molecule has 0 aromatic heterocycles. The highest BCUT2D eigenvalue weighted by Gasteiger charge is 1.78. The van der Waals surface area contributed by atoms with Gasteiger partial charge in [-0.3, -0.25) is 0 Å². The second-order valence-corrected chi connectivity index (χ2v) is 1.31. The number of rotatable bonds is 2. The van der Waals surface area contributed by atoms with E-state index in [9.17, 15) is 0 Å². The molecule has 0 unspecified atom stereocenters. The van der Waals surface area contributed by atoms with Crippen LogP contribution in [0.5, 0.6) is 0 Å². The Morgan fingerprint density at radius 1 is 1.71 bits per heavy atom. The fourth-order valence-corrected chi connectivity index (χ4v) is 0.144. The molecule has 44 valence electrons. The number of hydrogen-bond acceptors (Lipinski definition) is 2. The van der Waals surface area contributed by atoms with E-state index in [4.69, 9.17) is 5.73 Å². The zero-order chi connectivity index (χ0) is 4.99. The summed E-state index contributed by atoms with van der Waals surface area (Å²) in [5.74, 6) is 0. The second-order valence-electron chi connectivity index (χ2n) is 1.31. The third kappa shape index (κ3) is 5.66. The van der Waals surface area contributed by atoms with Crippen molar-refractivity contribution in [2.24, 2.45) is 5.73 Å². The first-order chi connectivity index (χ1) is 2.81. The van der Waals surface area contributed by atoms with Crippen molar-refractivity contribution in [1.82, 2.24) is 6.15 Å². The lowest BCUT2D eigenvalue weighted by Gasteiger charge is -1.89. The molecule has 0 amide bonds. The Kier molecular flexibility index (Phi) is 7.94. The largest absolute Gasteiger partial charge is 0.344 e. The van der Waals surface area contributed by atoms with Crippen molar-refractivity contribution in [2.75, 3.05) is 6.54 Å². The molecule has 5 N–H and O–H groups in total.